The van der Waals surface area contributed by atoms with Gasteiger partial charge in [0.25, 0.3) is 0 Å². The number of nitrogens with two attached hydrogens (primary N) is 1. The summed E-state index contributed by atoms with van der Waals surface area (Å²) in [5.74, 6) is -0.963. The third-order valence-corrected chi connectivity index (χ3v) is 1.81. The third-order valence-electron chi connectivity index (χ3n) is 1.81. The van der Waals surface area contributed by atoms with Gasteiger partial charge < -0.3 is 41.2 Å². The Bertz CT molecular complexity index is 247. The van der Waals surface area contributed by atoms with Crippen LogP contribution in [0.25, 0.3) is 0 Å². The van der Waals surface area contributed by atoms with Crippen molar-refractivity contribution in [2.24, 2.45) is 5.73 Å². The van der Waals surface area contributed by atoms with E-state index in [0.717, 1.165) is 0 Å². The molecule has 18 heavy (non-hydrogen) atoms. The van der Waals surface area contributed by atoms with Crippen molar-refractivity contribution in [1.29, 1.82) is 0 Å². The zero-order chi connectivity index (χ0) is 14.9. The number of rotatable bonds is 6. The van der Waals surface area contributed by atoms with E-state index in [4.69, 9.17) is 36.4 Å². The number of aldehydes is 1. The Morgan fingerprint density at radius 2 is 1.61 bits per heavy atom. The molecule has 0 aromatic carbocycles. The molecule has 0 bridgehead atoms. The minimum Gasteiger partial charge on any atom is -0.480 e. The van der Waals surface area contributed by atoms with Gasteiger partial charge >= 0.3 is 5.97 Å². The summed E-state index contributed by atoms with van der Waals surface area (Å²) in [6.07, 6.45) is -6.84. The standard InChI is InChI=1S/C6H12O6.C3H7NO2/c7-1-3(9)5(11)6(12)4(10)2-8;1-2(4)3(5)6/h1,3-6,8-12H,2H2;2H,4H2,1H3,(H,5,6)/t3-,4+,5+,6-;/m0./s1. The number of carboxylic acids is 1. The first kappa shape index (κ1) is 19.2. The number of carbonyl (C=O) groups is 2. The number of hydrogen-bond acceptors (Lipinski definition) is 8. The Morgan fingerprint density at radius 1 is 1.22 bits per heavy atom. The molecule has 0 spiro atoms. The van der Waals surface area contributed by atoms with Crippen molar-refractivity contribution in [1.82, 2.24) is 0 Å². The van der Waals surface area contributed by atoms with Crippen molar-refractivity contribution in [3.05, 3.63) is 0 Å². The summed E-state index contributed by atoms with van der Waals surface area (Å²) >= 11 is 0. The molecule has 0 aliphatic carbocycles. The molecule has 1 unspecified atom stereocenters. The Kier molecular flexibility index (Phi) is 10.6. The third kappa shape index (κ3) is 8.06. The summed E-state index contributed by atoms with van der Waals surface area (Å²) < 4.78 is 0. The summed E-state index contributed by atoms with van der Waals surface area (Å²) in [6, 6.07) is -0.731. The molecule has 108 valence electrons. The summed E-state index contributed by atoms with van der Waals surface area (Å²) in [6.45, 7) is 0.659. The molecule has 9 nitrogen and oxygen atoms in total. The maximum atomic E-state index is 9.90. The predicted octanol–water partition coefficient (Wildman–Crippen LogP) is -3.96. The molecule has 0 aromatic heterocycles. The van der Waals surface area contributed by atoms with Crippen LogP contribution in [0.4, 0.5) is 0 Å². The Hall–Kier alpha value is -1.10. The van der Waals surface area contributed by atoms with Gasteiger partial charge in [-0.3, -0.25) is 4.79 Å². The van der Waals surface area contributed by atoms with Crippen LogP contribution in [0.15, 0.2) is 0 Å². The van der Waals surface area contributed by atoms with Crippen LogP contribution in [-0.2, 0) is 9.59 Å². The van der Waals surface area contributed by atoms with Crippen LogP contribution in [0.5, 0.6) is 0 Å². The van der Waals surface area contributed by atoms with Gasteiger partial charge in [-0.2, -0.15) is 0 Å². The van der Waals surface area contributed by atoms with Gasteiger partial charge in [0.05, 0.1) is 6.61 Å². The second kappa shape index (κ2) is 9.88. The van der Waals surface area contributed by atoms with E-state index in [1.807, 2.05) is 0 Å². The molecular formula is C9H19NO8. The molecule has 9 heteroatoms. The van der Waals surface area contributed by atoms with Crippen molar-refractivity contribution < 1.29 is 40.2 Å². The van der Waals surface area contributed by atoms with Crippen LogP contribution < -0.4 is 5.73 Å². The Labute approximate surface area is 103 Å². The SMILES string of the molecule is CC(N)C(=O)O.O=C[C@H](O)[C@@H](O)[C@@H](O)[C@H](O)CO. The minimum absolute atomic E-state index is 0.0258. The monoisotopic (exact) mass is 269 g/mol. The molecule has 0 amide bonds. The van der Waals surface area contributed by atoms with Gasteiger partial charge in [-0.25, -0.2) is 0 Å². The number of hydrogen-bond donors (Lipinski definition) is 7. The molecule has 0 aliphatic heterocycles. The largest absolute Gasteiger partial charge is 0.480 e. The van der Waals surface area contributed by atoms with Crippen molar-refractivity contribution in [2.75, 3.05) is 6.61 Å². The number of aliphatic hydroxyl groups is 5. The molecular weight excluding hydrogens is 250 g/mol. The van der Waals surface area contributed by atoms with Crippen LogP contribution in [0.1, 0.15) is 6.92 Å². The van der Waals surface area contributed by atoms with Crippen molar-refractivity contribution in [3.63, 3.8) is 0 Å². The van der Waals surface area contributed by atoms with Crippen LogP contribution in [0, 0.1) is 0 Å². The maximum absolute atomic E-state index is 9.90. The van der Waals surface area contributed by atoms with E-state index in [1.54, 1.807) is 0 Å². The molecule has 0 aliphatic rings. The molecule has 0 radical (unpaired) electrons. The molecule has 8 N–H and O–H groups in total. The van der Waals surface area contributed by atoms with Gasteiger partial charge in [-0.1, -0.05) is 0 Å². The van der Waals surface area contributed by atoms with Crippen molar-refractivity contribution in [2.45, 2.75) is 37.4 Å². The van der Waals surface area contributed by atoms with Gasteiger partial charge in [0.15, 0.2) is 6.29 Å². The highest BCUT2D eigenvalue weighted by molar-refractivity contribution is 5.72. The lowest BCUT2D eigenvalue weighted by Crippen LogP contribution is -2.46. The molecule has 0 saturated heterocycles. The average Bonchev–Trinajstić information content (AvgIpc) is 2.35. The number of aliphatic carboxylic acids is 1. The second-order valence-corrected chi connectivity index (χ2v) is 3.48. The van der Waals surface area contributed by atoms with Crippen molar-refractivity contribution >= 4 is 12.3 Å². The van der Waals surface area contributed by atoms with Gasteiger partial charge in [0, 0.05) is 0 Å². The quantitative estimate of drug-likeness (QED) is 0.236. The molecule has 0 fully saturated rings. The Morgan fingerprint density at radius 3 is 1.83 bits per heavy atom. The molecule has 0 saturated carbocycles. The fourth-order valence-corrected chi connectivity index (χ4v) is 0.618. The van der Waals surface area contributed by atoms with E-state index in [9.17, 15) is 9.59 Å². The number of carboxylic acid groups (broad SMARTS) is 1. The van der Waals surface area contributed by atoms with Gasteiger partial charge in [-0.05, 0) is 6.92 Å². The minimum atomic E-state index is -1.79. The smallest absolute Gasteiger partial charge is 0.320 e. The summed E-state index contributed by atoms with van der Waals surface area (Å²) in [5.41, 5.74) is 4.84. The summed E-state index contributed by atoms with van der Waals surface area (Å²) in [5, 5.41) is 51.4. The van der Waals surface area contributed by atoms with Gasteiger partial charge in [0.1, 0.15) is 30.5 Å². The average molecular weight is 269 g/mol. The summed E-state index contributed by atoms with van der Waals surface area (Å²) in [4.78, 5) is 19.5. The fourth-order valence-electron chi connectivity index (χ4n) is 0.618. The normalized spacial score (nSPS) is 18.6. The molecule has 0 rings (SSSR count). The highest BCUT2D eigenvalue weighted by Crippen LogP contribution is 2.02. The van der Waals surface area contributed by atoms with E-state index < -0.39 is 43.0 Å². The Balaban J connectivity index is 0. The second-order valence-electron chi connectivity index (χ2n) is 3.48. The van der Waals surface area contributed by atoms with Gasteiger partial charge in [-0.15, -0.1) is 0 Å². The highest BCUT2D eigenvalue weighted by atomic mass is 16.4. The topological polar surface area (TPSA) is 182 Å². The molecule has 0 heterocycles. The lowest BCUT2D eigenvalue weighted by atomic mass is 10.0. The lowest BCUT2D eigenvalue weighted by Gasteiger charge is -2.22. The molecule has 5 atom stereocenters. The van der Waals surface area contributed by atoms with Crippen LogP contribution >= 0.6 is 0 Å². The molecule has 0 aromatic rings. The maximum Gasteiger partial charge on any atom is 0.320 e. The van der Waals surface area contributed by atoms with Gasteiger partial charge in [0.2, 0.25) is 0 Å². The number of aliphatic hydroxyl groups excluding tert-OH is 5. The first-order valence-corrected chi connectivity index (χ1v) is 4.95. The highest BCUT2D eigenvalue weighted by Gasteiger charge is 2.29. The van der Waals surface area contributed by atoms with E-state index in [1.165, 1.54) is 6.92 Å². The lowest BCUT2D eigenvalue weighted by molar-refractivity contribution is -0.138. The van der Waals surface area contributed by atoms with E-state index in [0.29, 0.717) is 0 Å². The van der Waals surface area contributed by atoms with Crippen LogP contribution in [0.2, 0.25) is 0 Å². The predicted molar refractivity (Wildman–Crippen MR) is 58.5 cm³/mol. The zero-order valence-corrected chi connectivity index (χ0v) is 9.75. The van der Waals surface area contributed by atoms with Crippen molar-refractivity contribution in [3.8, 4) is 0 Å². The van der Waals surface area contributed by atoms with E-state index >= 15 is 0 Å². The van der Waals surface area contributed by atoms with Crippen LogP contribution in [-0.4, -0.2) is 80.0 Å². The first-order chi connectivity index (χ1) is 8.18. The fraction of sp³-hybridized carbons (Fsp3) is 0.778. The van der Waals surface area contributed by atoms with E-state index in [2.05, 4.69) is 0 Å². The summed E-state index contributed by atoms with van der Waals surface area (Å²) in [7, 11) is 0. The first-order valence-electron chi connectivity index (χ1n) is 4.95. The van der Waals surface area contributed by atoms with E-state index in [-0.39, 0.29) is 6.29 Å². The zero-order valence-electron chi connectivity index (χ0n) is 9.75. The van der Waals surface area contributed by atoms with Crippen LogP contribution in [0.3, 0.4) is 0 Å². The number of carbonyl (C=O) groups excluding carboxylic acids is 1.